The number of carbonyl (C=O) groups excluding carboxylic acids is 6. The number of hydrogen-bond donors (Lipinski definition) is 5. The van der Waals surface area contributed by atoms with Gasteiger partial charge in [-0.1, -0.05) is 52.0 Å². The molecule has 6 aliphatic heterocycles. The summed E-state index contributed by atoms with van der Waals surface area (Å²) in [7, 11) is 0.155. The van der Waals surface area contributed by atoms with Gasteiger partial charge >= 0.3 is 53.7 Å². The fraction of sp³-hybridized carbons (Fsp3) is 0.565. The van der Waals surface area contributed by atoms with Crippen LogP contribution in [0.3, 0.4) is 0 Å². The molecule has 6 heterocycles. The maximum Gasteiger partial charge on any atom is 1.00 e. The second kappa shape index (κ2) is 44.4. The Hall–Kier alpha value is -7.14. The molecular weight excluding hydrogens is 1440 g/mol. The summed E-state index contributed by atoms with van der Waals surface area (Å²) < 4.78 is 128. The van der Waals surface area contributed by atoms with Crippen molar-refractivity contribution in [3.63, 3.8) is 0 Å². The van der Waals surface area contributed by atoms with Crippen molar-refractivity contribution in [1.29, 1.82) is 0 Å². The molecular formula is C69H97BN6NaO27S2. The third kappa shape index (κ3) is 28.1. The van der Waals surface area contributed by atoms with Crippen LogP contribution in [0.5, 0.6) is 34.5 Å². The summed E-state index contributed by atoms with van der Waals surface area (Å²) in [6.45, 7) is 16.4. The zero-order valence-electron chi connectivity index (χ0n) is 61.4. The second-order valence-electron chi connectivity index (χ2n) is 25.8. The average Bonchev–Trinajstić information content (AvgIpc) is 1.20. The number of likely N-dealkylation sites (N-methyl/N-ethyl adjacent to an activating group) is 1. The Morgan fingerprint density at radius 2 is 0.953 bits per heavy atom. The molecule has 4 aromatic carbocycles. The van der Waals surface area contributed by atoms with Gasteiger partial charge in [0, 0.05) is 72.2 Å². The van der Waals surface area contributed by atoms with Crippen LogP contribution in [0.1, 0.15) is 72.4 Å². The normalized spacial score (nSPS) is 19.6. The quantitative estimate of drug-likeness (QED) is 0.0285. The number of benzene rings is 4. The summed E-state index contributed by atoms with van der Waals surface area (Å²) in [6.07, 6.45) is -3.91. The predicted molar refractivity (Wildman–Crippen MR) is 373 cm³/mol. The number of rotatable bonds is 29. The van der Waals surface area contributed by atoms with Gasteiger partial charge in [-0.25, -0.2) is 45.8 Å². The number of nitrogens with two attached hydrogens (primary N) is 1. The van der Waals surface area contributed by atoms with Crippen LogP contribution in [0.2, 0.25) is 0 Å². The maximum atomic E-state index is 13.9. The molecule has 2 amide bonds. The molecule has 37 heteroatoms. The van der Waals surface area contributed by atoms with E-state index in [1.54, 1.807) is 24.3 Å². The second-order valence-corrected chi connectivity index (χ2v) is 29.7. The first-order valence-corrected chi connectivity index (χ1v) is 36.8. The van der Waals surface area contributed by atoms with E-state index in [1.165, 1.54) is 39.8 Å². The molecule has 6 N–H and O–H groups in total. The molecule has 0 spiro atoms. The summed E-state index contributed by atoms with van der Waals surface area (Å²) in [6, 6.07) is 21.7. The first-order valence-electron chi connectivity index (χ1n) is 33.9. The third-order valence-corrected chi connectivity index (χ3v) is 20.0. The number of amides is 2. The minimum absolute atomic E-state index is 0. The van der Waals surface area contributed by atoms with E-state index in [1.807, 2.05) is 89.9 Å². The van der Waals surface area contributed by atoms with Crippen molar-refractivity contribution < 1.29 is 157 Å². The van der Waals surface area contributed by atoms with Crippen LogP contribution in [0, 0.1) is 23.7 Å². The van der Waals surface area contributed by atoms with Crippen LogP contribution in [-0.2, 0) is 94.9 Å². The Morgan fingerprint density at radius 3 is 1.30 bits per heavy atom. The number of sulfonamides is 2. The van der Waals surface area contributed by atoms with Gasteiger partial charge in [-0.3, -0.25) is 4.79 Å². The third-order valence-electron chi connectivity index (χ3n) is 16.3. The van der Waals surface area contributed by atoms with E-state index >= 15 is 0 Å². The van der Waals surface area contributed by atoms with Gasteiger partial charge in [0.15, 0.2) is 35.6 Å². The number of nitrogens with zero attached hydrogens (tertiary/aromatic N) is 3. The van der Waals surface area contributed by atoms with Crippen LogP contribution >= 0.6 is 0 Å². The van der Waals surface area contributed by atoms with Gasteiger partial charge in [0.05, 0.1) is 72.3 Å². The van der Waals surface area contributed by atoms with Crippen LogP contribution in [0.25, 0.3) is 0 Å². The molecule has 0 unspecified atom stereocenters. The van der Waals surface area contributed by atoms with E-state index < -0.39 is 86.6 Å². The molecule has 33 nitrogen and oxygen atoms in total. The van der Waals surface area contributed by atoms with Crippen molar-refractivity contribution in [1.82, 2.24) is 24.1 Å². The van der Waals surface area contributed by atoms with Gasteiger partial charge in [0.1, 0.15) is 43.7 Å². The Labute approximate surface area is 641 Å². The molecule has 10 rings (SSSR count). The number of carbonyl (C=O) groups is 6. The number of aliphatic hydroxyl groups excluding tert-OH is 2. The van der Waals surface area contributed by atoms with Crippen LogP contribution in [0.4, 0.5) is 9.59 Å². The van der Waals surface area contributed by atoms with Gasteiger partial charge in [-0.15, -0.1) is 0 Å². The number of nitrogens with one attached hydrogen (secondary N) is 2. The van der Waals surface area contributed by atoms with Crippen molar-refractivity contribution in [3.8, 4) is 34.5 Å². The van der Waals surface area contributed by atoms with Crippen molar-refractivity contribution in [2.24, 2.45) is 29.4 Å². The summed E-state index contributed by atoms with van der Waals surface area (Å²) in [5.74, 6) is 0.990. The van der Waals surface area contributed by atoms with Crippen molar-refractivity contribution in [2.75, 3.05) is 107 Å². The molecule has 0 bridgehead atoms. The minimum atomic E-state index is -4.05. The van der Waals surface area contributed by atoms with E-state index in [9.17, 15) is 51.0 Å². The van der Waals surface area contributed by atoms with E-state index in [2.05, 4.69) is 33.1 Å². The molecule has 106 heavy (non-hydrogen) atoms. The maximum absolute atomic E-state index is 13.9. The Balaban J connectivity index is 0.000000317. The van der Waals surface area contributed by atoms with Crippen molar-refractivity contribution >= 4 is 65.0 Å². The largest absolute Gasteiger partial charge is 1.00 e. The van der Waals surface area contributed by atoms with Gasteiger partial charge in [0.2, 0.25) is 39.6 Å². The molecule has 0 saturated carbocycles. The minimum Gasteiger partial charge on any atom is -0.793 e. The van der Waals surface area contributed by atoms with E-state index in [4.69, 9.17) is 67.4 Å². The fourth-order valence-electron chi connectivity index (χ4n) is 11.3. The summed E-state index contributed by atoms with van der Waals surface area (Å²) in [5, 5.41) is 28.8. The number of fused-ring (bicyclic) bond motifs is 4. The molecule has 0 aliphatic carbocycles. The van der Waals surface area contributed by atoms with Crippen LogP contribution in [-0.4, -0.2) is 241 Å². The smallest absolute Gasteiger partial charge is 0.793 e. The van der Waals surface area contributed by atoms with Crippen molar-refractivity contribution in [3.05, 3.63) is 96.1 Å². The van der Waals surface area contributed by atoms with Crippen molar-refractivity contribution in [2.45, 2.75) is 133 Å². The SMILES string of the molecule is C=O.CC(=O)OOC(C)=O.CC(C)CN(C[C@@H](O)[C@H](Cc1ccc(OCCN(C)C)cc1)NC(=O)O[C@@H]1CO[C@H]2OCC[C@H]21)S(=O)(=O)c1ccc2c(c1)OCO2.CC(C)CN(C[C@@H](O)[C@H](Cc1ccc(OCCN)cc1)NC(=O)O[C@@H]1CO[C@H]2OCC[C@H]21)S(=O)(=O)c1ccc2c(c1)OCO2.[B-]OC(C)=O.[Na+]. The summed E-state index contributed by atoms with van der Waals surface area (Å²) in [4.78, 5) is 73.2. The molecule has 3 radical (unpaired) electrons. The molecule has 4 aromatic rings. The number of hydrogen-bond acceptors (Lipinski definition) is 29. The summed E-state index contributed by atoms with van der Waals surface area (Å²) >= 11 is 0. The molecule has 10 atom stereocenters. The Kier molecular flexibility index (Phi) is 37.5. The van der Waals surface area contributed by atoms with Gasteiger partial charge in [0.25, 0.3) is 0 Å². The average molecular weight is 1540 g/mol. The first-order chi connectivity index (χ1) is 50.0. The zero-order chi connectivity index (χ0) is 77.0. The monoisotopic (exact) mass is 1540 g/mol. The van der Waals surface area contributed by atoms with Crippen LogP contribution in [0.15, 0.2) is 94.7 Å². The predicted octanol–water partition coefficient (Wildman–Crippen LogP) is 0.801. The van der Waals surface area contributed by atoms with E-state index in [-0.39, 0.29) is 141 Å². The summed E-state index contributed by atoms with van der Waals surface area (Å²) in [5.41, 5.74) is 7.12. The Bertz CT molecular complexity index is 3630. The zero-order valence-corrected chi connectivity index (χ0v) is 65.0. The molecule has 4 fully saturated rings. The standard InChI is InChI=1S/C32H45N3O10S.C30H41N3O10S.C4H6O4.C2H3BO2.CH2O.Na/c1-21(2)17-35(46(38,39)24-9-10-28-29(16-24)44-20-43-28)18-27(36)26(15-22-5-7-23(8-6-22)40-14-12-34(3)4)33-32(37)45-30-19-42-31-25(30)11-13-41-31;1-19(2)15-33(44(36,37)22-7-8-26-27(14-22)42-18-41-26)16-25(34)24(13-20-3-5-21(6-4-20)38-12-10-31)32-30(35)43-28-17-40-29-23(28)9-11-39-29;1-3(5)7-8-4(2)6;1-2(4)5-3;1-2;/h5-10,16,21,25-27,30-31,36H,11-15,17-20H2,1-4H3,(H,33,37);3-8,14,19,23-25,28-29,34H,9-13,15-18,31H2,1-2H3,(H,32,35);1-2H3;1H3;1H2;/q;;;-1;;+1/t25-,26-,27+,30+,31+;23-,24-,25+,28+,29+;;;;/m00..../s1. The number of aliphatic hydroxyl groups is 2. The van der Waals surface area contributed by atoms with Crippen LogP contribution < -0.4 is 74.3 Å². The Morgan fingerprint density at radius 1 is 0.575 bits per heavy atom. The molecule has 0 aromatic heterocycles. The topological polar surface area (TPSA) is 409 Å². The molecule has 4 saturated heterocycles. The van der Waals surface area contributed by atoms with Gasteiger partial charge in [-0.2, -0.15) is 8.61 Å². The van der Waals surface area contributed by atoms with E-state index in [0.29, 0.717) is 67.5 Å². The van der Waals surface area contributed by atoms with Gasteiger partial charge < -0.3 is 106 Å². The van der Waals surface area contributed by atoms with E-state index in [0.717, 1.165) is 44.4 Å². The molecule has 581 valence electrons. The van der Waals surface area contributed by atoms with Gasteiger partial charge in [-0.05, 0) is 111 Å². The first kappa shape index (κ1) is 89.5. The number of ether oxygens (including phenoxy) is 12. The molecule has 6 aliphatic rings. The number of alkyl carbamates (subject to hydrolysis) is 2. The fourth-order valence-corrected chi connectivity index (χ4v) is 14.6.